The molecule has 0 saturated carbocycles. The van der Waals surface area contributed by atoms with Crippen molar-refractivity contribution in [1.29, 1.82) is 0 Å². The molecule has 0 aromatic rings. The lowest BCUT2D eigenvalue weighted by Gasteiger charge is -1.90. The molecule has 0 aromatic heterocycles. The molecule has 9 heavy (non-hydrogen) atoms. The molecule has 52 valence electrons. The van der Waals surface area contributed by atoms with Crippen molar-refractivity contribution in [3.8, 4) is 0 Å². The van der Waals surface area contributed by atoms with Crippen molar-refractivity contribution in [3.05, 3.63) is 0 Å². The third-order valence-corrected chi connectivity index (χ3v) is 1.38. The van der Waals surface area contributed by atoms with Gasteiger partial charge in [-0.1, -0.05) is 26.2 Å². The Labute approximate surface area is 57.5 Å². The first-order valence-electron chi connectivity index (χ1n) is 3.76. The summed E-state index contributed by atoms with van der Waals surface area (Å²) in [7, 11) is 0. The van der Waals surface area contributed by atoms with Crippen LogP contribution in [0.4, 0.5) is 0 Å². The average molecular weight is 127 g/mol. The van der Waals surface area contributed by atoms with E-state index in [-0.39, 0.29) is 0 Å². The highest BCUT2D eigenvalue weighted by Crippen LogP contribution is 2.02. The van der Waals surface area contributed by atoms with Crippen molar-refractivity contribution in [3.63, 3.8) is 0 Å². The van der Waals surface area contributed by atoms with Crippen LogP contribution in [0.25, 0.3) is 0 Å². The molecule has 0 unspecified atom stereocenters. The van der Waals surface area contributed by atoms with Crippen LogP contribution in [-0.4, -0.2) is 6.29 Å². The Morgan fingerprint density at radius 3 is 2.33 bits per heavy atom. The van der Waals surface area contributed by atoms with Gasteiger partial charge in [-0.2, -0.15) is 0 Å². The molecule has 0 radical (unpaired) electrons. The highest BCUT2D eigenvalue weighted by atomic mass is 16.1. The molecule has 0 amide bonds. The van der Waals surface area contributed by atoms with E-state index in [1.807, 2.05) is 6.29 Å². The first-order chi connectivity index (χ1) is 4.41. The number of hydrogen-bond donors (Lipinski definition) is 0. The predicted octanol–water partition coefficient (Wildman–Crippen LogP) is 2.46. The van der Waals surface area contributed by atoms with E-state index in [1.165, 1.54) is 25.7 Å². The second kappa shape index (κ2) is 7.58. The van der Waals surface area contributed by atoms with Crippen LogP contribution in [0.2, 0.25) is 0 Å². The minimum absolute atomic E-state index is 0.629. The normalized spacial score (nSPS) is 9.00. The van der Waals surface area contributed by atoms with Crippen molar-refractivity contribution in [1.82, 2.24) is 0 Å². The number of hydrogen-bond acceptors (Lipinski definition) is 1. The van der Waals surface area contributed by atoms with Crippen LogP contribution in [0.5, 0.6) is 0 Å². The van der Waals surface area contributed by atoms with Gasteiger partial charge in [-0.25, -0.2) is 0 Å². The van der Waals surface area contributed by atoms with Gasteiger partial charge in [0.25, 0.3) is 0 Å². The molecular formula is C8H15O+. The molecule has 0 fully saturated rings. The van der Waals surface area contributed by atoms with Crippen LogP contribution >= 0.6 is 0 Å². The summed E-state index contributed by atoms with van der Waals surface area (Å²) in [6, 6.07) is 0. The molecule has 0 atom stereocenters. The maximum absolute atomic E-state index is 9.71. The molecule has 0 aliphatic rings. The monoisotopic (exact) mass is 127 g/mol. The Hall–Kier alpha value is -0.420. The van der Waals surface area contributed by atoms with Gasteiger partial charge in [0, 0.05) is 11.2 Å². The lowest BCUT2D eigenvalue weighted by Crippen LogP contribution is -1.77. The third kappa shape index (κ3) is 7.58. The van der Waals surface area contributed by atoms with Gasteiger partial charge >= 0.3 is 6.29 Å². The van der Waals surface area contributed by atoms with Gasteiger partial charge in [0.05, 0.1) is 0 Å². The molecule has 0 N–H and O–H groups in total. The maximum atomic E-state index is 9.71. The molecule has 0 aliphatic carbocycles. The largest absolute Gasteiger partial charge is 0.506 e. The van der Waals surface area contributed by atoms with Crippen molar-refractivity contribution < 1.29 is 4.79 Å². The maximum Gasteiger partial charge on any atom is 0.506 e. The molecule has 0 saturated heterocycles. The third-order valence-electron chi connectivity index (χ3n) is 1.38. The molecule has 0 spiro atoms. The lowest BCUT2D eigenvalue weighted by atomic mass is 10.1. The minimum atomic E-state index is 0.629. The quantitative estimate of drug-likeness (QED) is 0.395. The summed E-state index contributed by atoms with van der Waals surface area (Å²) >= 11 is 0. The van der Waals surface area contributed by atoms with E-state index in [4.69, 9.17) is 0 Å². The van der Waals surface area contributed by atoms with Gasteiger partial charge < -0.3 is 0 Å². The molecule has 0 heterocycles. The standard InChI is InChI=1S/C8H15O/c1-2-3-4-5-6-7-8-9/h2-7H2,1H3/q+1. The molecule has 1 heteroatoms. The van der Waals surface area contributed by atoms with E-state index in [2.05, 4.69) is 6.92 Å². The number of unbranched alkanes of at least 4 members (excludes halogenated alkanes) is 5. The van der Waals surface area contributed by atoms with Gasteiger partial charge in [0.1, 0.15) is 0 Å². The van der Waals surface area contributed by atoms with Gasteiger partial charge in [-0.15, -0.1) is 0 Å². The summed E-state index contributed by atoms with van der Waals surface area (Å²) in [5.41, 5.74) is 0. The molecular weight excluding hydrogens is 112 g/mol. The van der Waals surface area contributed by atoms with E-state index >= 15 is 0 Å². The molecule has 1 nitrogen and oxygen atoms in total. The zero-order chi connectivity index (χ0) is 6.95. The van der Waals surface area contributed by atoms with Crippen molar-refractivity contribution in [2.45, 2.75) is 45.4 Å². The lowest BCUT2D eigenvalue weighted by molar-refractivity contribution is 0.543. The zero-order valence-electron chi connectivity index (χ0n) is 6.15. The first-order valence-corrected chi connectivity index (χ1v) is 3.76. The van der Waals surface area contributed by atoms with E-state index in [0.29, 0.717) is 6.42 Å². The SMILES string of the molecule is CCCCCCC[C+]=O. The molecule has 0 aromatic carbocycles. The molecule has 0 rings (SSSR count). The van der Waals surface area contributed by atoms with Crippen LogP contribution in [0.1, 0.15) is 45.4 Å². The summed E-state index contributed by atoms with van der Waals surface area (Å²) in [6.07, 6.45) is 8.60. The Morgan fingerprint density at radius 2 is 1.78 bits per heavy atom. The fourth-order valence-electron chi connectivity index (χ4n) is 0.801. The zero-order valence-corrected chi connectivity index (χ0v) is 6.15. The summed E-state index contributed by atoms with van der Waals surface area (Å²) in [4.78, 5) is 9.71. The highest BCUT2D eigenvalue weighted by Gasteiger charge is 1.96. The summed E-state index contributed by atoms with van der Waals surface area (Å²) in [5.74, 6) is 0. The number of rotatable bonds is 6. The Morgan fingerprint density at radius 1 is 1.11 bits per heavy atom. The molecule has 0 bridgehead atoms. The topological polar surface area (TPSA) is 17.1 Å². The van der Waals surface area contributed by atoms with Gasteiger partial charge in [-0.3, -0.25) is 0 Å². The van der Waals surface area contributed by atoms with Crippen molar-refractivity contribution in [2.24, 2.45) is 0 Å². The van der Waals surface area contributed by atoms with E-state index in [0.717, 1.165) is 6.42 Å². The van der Waals surface area contributed by atoms with Crippen LogP contribution < -0.4 is 0 Å². The van der Waals surface area contributed by atoms with E-state index < -0.39 is 0 Å². The predicted molar refractivity (Wildman–Crippen MR) is 39.1 cm³/mol. The summed E-state index contributed by atoms with van der Waals surface area (Å²) in [5, 5.41) is 0. The van der Waals surface area contributed by atoms with Crippen molar-refractivity contribution >= 4 is 6.29 Å². The Bertz CT molecular complexity index is 59.6. The van der Waals surface area contributed by atoms with Gasteiger partial charge in [0.15, 0.2) is 0 Å². The second-order valence-electron chi connectivity index (χ2n) is 2.31. The summed E-state index contributed by atoms with van der Waals surface area (Å²) < 4.78 is 0. The van der Waals surface area contributed by atoms with Crippen molar-refractivity contribution in [2.75, 3.05) is 0 Å². The Balaban J connectivity index is 2.66. The van der Waals surface area contributed by atoms with Gasteiger partial charge in [-0.05, 0) is 6.42 Å². The second-order valence-corrected chi connectivity index (χ2v) is 2.31. The van der Waals surface area contributed by atoms with Crippen LogP contribution in [0, 0.1) is 0 Å². The smallest absolute Gasteiger partial charge is 0.0654 e. The summed E-state index contributed by atoms with van der Waals surface area (Å²) in [6.45, 7) is 2.19. The minimum Gasteiger partial charge on any atom is -0.0654 e. The van der Waals surface area contributed by atoms with Gasteiger partial charge in [0.2, 0.25) is 6.42 Å². The van der Waals surface area contributed by atoms with Crippen LogP contribution in [0.3, 0.4) is 0 Å². The van der Waals surface area contributed by atoms with Crippen LogP contribution in [-0.2, 0) is 4.79 Å². The average Bonchev–Trinajstić information content (AvgIpc) is 1.89. The number of carbonyl (C=O) groups excluding carboxylic acids is 1. The fraction of sp³-hybridized carbons (Fsp3) is 0.875. The van der Waals surface area contributed by atoms with E-state index in [9.17, 15) is 4.79 Å². The van der Waals surface area contributed by atoms with E-state index in [1.54, 1.807) is 0 Å². The Kier molecular flexibility index (Phi) is 7.23. The fourth-order valence-corrected chi connectivity index (χ4v) is 0.801. The first kappa shape index (κ1) is 8.58. The van der Waals surface area contributed by atoms with Crippen LogP contribution in [0.15, 0.2) is 0 Å². The highest BCUT2D eigenvalue weighted by molar-refractivity contribution is 5.50. The molecule has 0 aliphatic heterocycles.